The Labute approximate surface area is 195 Å². The number of nitrogens with one attached hydrogen (secondary N) is 2. The monoisotopic (exact) mass is 477 g/mol. The SMILES string of the molecule is CNC(C)C1CCC(N)C(OC2C(N)CC(N)C(OC3OC[C@](C)(O)C(NC)C3O)C2O)O1. The number of nitrogens with two attached hydrogens (primary N) is 3. The Hall–Kier alpha value is -0.480. The Morgan fingerprint density at radius 3 is 2.15 bits per heavy atom. The molecule has 0 amide bonds. The molecule has 194 valence electrons. The Balaban J connectivity index is 1.68. The fraction of sp³-hybridized carbons (Fsp3) is 1.00. The van der Waals surface area contributed by atoms with E-state index < -0.39 is 60.7 Å². The zero-order valence-electron chi connectivity index (χ0n) is 20.0. The van der Waals surface area contributed by atoms with Crippen LogP contribution in [0, 0.1) is 0 Å². The smallest absolute Gasteiger partial charge is 0.185 e. The average Bonchev–Trinajstić information content (AvgIpc) is 2.76. The molecule has 2 aliphatic heterocycles. The van der Waals surface area contributed by atoms with Gasteiger partial charge in [0.05, 0.1) is 24.8 Å². The van der Waals surface area contributed by atoms with Crippen molar-refractivity contribution in [3.05, 3.63) is 0 Å². The standard InChI is InChI=1S/C21H43N5O7/c1-9(25-3)13-6-5-10(22)19(31-13)32-16-11(23)7-12(24)17(14(16)27)33-20-15(28)18(26-4)21(2,29)8-30-20/h9-20,25-29H,5-8,22-24H2,1-4H3/t9?,10?,11?,12?,13?,14?,15?,16?,17?,18?,19?,20?,21-/m0/s1. The molecule has 13 atom stereocenters. The van der Waals surface area contributed by atoms with Gasteiger partial charge < -0.3 is 62.1 Å². The zero-order valence-corrected chi connectivity index (χ0v) is 20.0. The highest BCUT2D eigenvalue weighted by molar-refractivity contribution is 5.02. The van der Waals surface area contributed by atoms with E-state index in [9.17, 15) is 15.3 Å². The van der Waals surface area contributed by atoms with Gasteiger partial charge in [-0.25, -0.2) is 0 Å². The molecular weight excluding hydrogens is 434 g/mol. The summed E-state index contributed by atoms with van der Waals surface area (Å²) in [5, 5.41) is 38.3. The van der Waals surface area contributed by atoms with E-state index in [2.05, 4.69) is 10.6 Å². The van der Waals surface area contributed by atoms with Gasteiger partial charge >= 0.3 is 0 Å². The van der Waals surface area contributed by atoms with Gasteiger partial charge in [-0.2, -0.15) is 0 Å². The van der Waals surface area contributed by atoms with E-state index in [0.29, 0.717) is 12.8 Å². The molecule has 0 aromatic rings. The van der Waals surface area contributed by atoms with E-state index in [0.717, 1.165) is 6.42 Å². The summed E-state index contributed by atoms with van der Waals surface area (Å²) in [6.07, 6.45) is -4.22. The van der Waals surface area contributed by atoms with Crippen LogP contribution in [0.2, 0.25) is 0 Å². The highest BCUT2D eigenvalue weighted by Gasteiger charge is 2.50. The molecule has 3 rings (SSSR count). The van der Waals surface area contributed by atoms with Crippen molar-refractivity contribution < 1.29 is 34.3 Å². The number of aliphatic hydroxyl groups is 3. The van der Waals surface area contributed by atoms with Crippen molar-refractivity contribution in [1.82, 2.24) is 10.6 Å². The van der Waals surface area contributed by atoms with Crippen LogP contribution in [0.1, 0.15) is 33.1 Å². The molecule has 0 aromatic heterocycles. The van der Waals surface area contributed by atoms with Gasteiger partial charge in [0, 0.05) is 18.1 Å². The van der Waals surface area contributed by atoms with Crippen LogP contribution in [-0.4, -0.2) is 115 Å². The molecule has 12 heteroatoms. The first-order valence-electron chi connectivity index (χ1n) is 11.8. The third-order valence-corrected chi connectivity index (χ3v) is 7.24. The number of likely N-dealkylation sites (N-methyl/N-ethyl adjacent to an activating group) is 2. The molecule has 33 heavy (non-hydrogen) atoms. The lowest BCUT2D eigenvalue weighted by atomic mass is 9.84. The Kier molecular flexibility index (Phi) is 9.09. The number of hydrogen-bond donors (Lipinski definition) is 8. The van der Waals surface area contributed by atoms with Crippen molar-refractivity contribution in [1.29, 1.82) is 0 Å². The molecule has 0 radical (unpaired) electrons. The fourth-order valence-corrected chi connectivity index (χ4v) is 5.04. The summed E-state index contributed by atoms with van der Waals surface area (Å²) in [5.41, 5.74) is 17.5. The number of hydrogen-bond acceptors (Lipinski definition) is 12. The van der Waals surface area contributed by atoms with Crippen LogP contribution in [0.15, 0.2) is 0 Å². The second kappa shape index (κ2) is 11.1. The summed E-state index contributed by atoms with van der Waals surface area (Å²) in [6.45, 7) is 3.52. The summed E-state index contributed by atoms with van der Waals surface area (Å²) in [7, 11) is 3.49. The molecule has 1 saturated carbocycles. The Bertz CT molecular complexity index is 632. The molecule has 11 N–H and O–H groups in total. The number of rotatable bonds is 7. The van der Waals surface area contributed by atoms with Crippen molar-refractivity contribution >= 4 is 0 Å². The van der Waals surface area contributed by atoms with Crippen LogP contribution in [0.3, 0.4) is 0 Å². The third kappa shape index (κ3) is 5.85. The summed E-state index contributed by atoms with van der Waals surface area (Å²) in [4.78, 5) is 0. The molecule has 0 aromatic carbocycles. The predicted molar refractivity (Wildman–Crippen MR) is 120 cm³/mol. The number of aliphatic hydroxyl groups excluding tert-OH is 2. The largest absolute Gasteiger partial charge is 0.388 e. The molecule has 0 spiro atoms. The van der Waals surface area contributed by atoms with Crippen molar-refractivity contribution in [2.75, 3.05) is 20.7 Å². The third-order valence-electron chi connectivity index (χ3n) is 7.24. The molecule has 3 aliphatic rings. The lowest BCUT2D eigenvalue weighted by Gasteiger charge is -2.48. The Morgan fingerprint density at radius 2 is 1.58 bits per heavy atom. The minimum atomic E-state index is -1.29. The first kappa shape index (κ1) is 27.1. The first-order chi connectivity index (χ1) is 15.5. The van der Waals surface area contributed by atoms with Gasteiger partial charge in [-0.05, 0) is 47.2 Å². The second-order valence-electron chi connectivity index (χ2n) is 9.91. The maximum atomic E-state index is 11.1. The molecule has 0 bridgehead atoms. The average molecular weight is 478 g/mol. The molecular formula is C21H43N5O7. The van der Waals surface area contributed by atoms with Gasteiger partial charge in [0.15, 0.2) is 12.6 Å². The normalized spacial score (nSPS) is 50.2. The van der Waals surface area contributed by atoms with Crippen molar-refractivity contribution in [3.63, 3.8) is 0 Å². The van der Waals surface area contributed by atoms with Crippen LogP contribution in [0.5, 0.6) is 0 Å². The zero-order chi connectivity index (χ0) is 24.5. The topological polar surface area (TPSA) is 200 Å². The maximum Gasteiger partial charge on any atom is 0.185 e. The van der Waals surface area contributed by atoms with Gasteiger partial charge in [-0.15, -0.1) is 0 Å². The quantitative estimate of drug-likeness (QED) is 0.182. The predicted octanol–water partition coefficient (Wildman–Crippen LogP) is -3.33. The second-order valence-corrected chi connectivity index (χ2v) is 9.91. The minimum absolute atomic E-state index is 0.0620. The van der Waals surface area contributed by atoms with Crippen LogP contribution in [-0.2, 0) is 18.9 Å². The van der Waals surface area contributed by atoms with Gasteiger partial charge in [0.2, 0.25) is 0 Å². The van der Waals surface area contributed by atoms with E-state index in [1.165, 1.54) is 0 Å². The highest BCUT2D eigenvalue weighted by Crippen LogP contribution is 2.31. The van der Waals surface area contributed by atoms with Gasteiger partial charge in [-0.1, -0.05) is 0 Å². The van der Waals surface area contributed by atoms with Crippen LogP contribution in [0.25, 0.3) is 0 Å². The summed E-state index contributed by atoms with van der Waals surface area (Å²) in [5.74, 6) is 0. The van der Waals surface area contributed by atoms with Crippen molar-refractivity contribution in [3.8, 4) is 0 Å². The maximum absolute atomic E-state index is 11.1. The van der Waals surface area contributed by atoms with Crippen LogP contribution >= 0.6 is 0 Å². The highest BCUT2D eigenvalue weighted by atomic mass is 16.7. The van der Waals surface area contributed by atoms with Gasteiger partial charge in [0.25, 0.3) is 0 Å². The van der Waals surface area contributed by atoms with Crippen molar-refractivity contribution in [2.24, 2.45) is 17.2 Å². The summed E-state index contributed by atoms with van der Waals surface area (Å²) >= 11 is 0. The molecule has 3 fully saturated rings. The Morgan fingerprint density at radius 1 is 0.970 bits per heavy atom. The van der Waals surface area contributed by atoms with E-state index in [4.69, 9.17) is 36.1 Å². The first-order valence-corrected chi connectivity index (χ1v) is 11.8. The van der Waals surface area contributed by atoms with E-state index >= 15 is 0 Å². The van der Waals surface area contributed by atoms with Gasteiger partial charge in [-0.3, -0.25) is 0 Å². The van der Waals surface area contributed by atoms with Crippen LogP contribution < -0.4 is 27.8 Å². The lowest BCUT2D eigenvalue weighted by Crippen LogP contribution is -2.68. The molecule has 1 aliphatic carbocycles. The van der Waals surface area contributed by atoms with E-state index in [1.54, 1.807) is 14.0 Å². The number of ether oxygens (including phenoxy) is 4. The van der Waals surface area contributed by atoms with Crippen LogP contribution in [0.4, 0.5) is 0 Å². The molecule has 2 saturated heterocycles. The molecule has 12 unspecified atom stereocenters. The van der Waals surface area contributed by atoms with E-state index in [1.807, 2.05) is 14.0 Å². The lowest BCUT2D eigenvalue weighted by molar-refractivity contribution is -0.307. The summed E-state index contributed by atoms with van der Waals surface area (Å²) < 4.78 is 23.7. The summed E-state index contributed by atoms with van der Waals surface area (Å²) in [6, 6.07) is -2.11. The minimum Gasteiger partial charge on any atom is -0.388 e. The van der Waals surface area contributed by atoms with Crippen molar-refractivity contribution in [2.45, 2.75) is 112 Å². The van der Waals surface area contributed by atoms with E-state index in [-0.39, 0.29) is 24.8 Å². The van der Waals surface area contributed by atoms with Gasteiger partial charge in [0.1, 0.15) is 30.0 Å². The molecule has 2 heterocycles. The molecule has 12 nitrogen and oxygen atoms in total. The fourth-order valence-electron chi connectivity index (χ4n) is 5.04.